The molecule has 29 heavy (non-hydrogen) atoms. The van der Waals surface area contributed by atoms with E-state index in [4.69, 9.17) is 14.2 Å². The molecule has 0 radical (unpaired) electrons. The molecule has 1 atom stereocenters. The molecule has 1 unspecified atom stereocenters. The van der Waals surface area contributed by atoms with Crippen LogP contribution in [-0.2, 0) is 38.6 Å². The van der Waals surface area contributed by atoms with Gasteiger partial charge in [-0.25, -0.2) is 0 Å². The van der Waals surface area contributed by atoms with Crippen LogP contribution < -0.4 is 0 Å². The van der Waals surface area contributed by atoms with Crippen LogP contribution in [0.15, 0.2) is 48.7 Å². The molecule has 0 saturated carbocycles. The second kappa shape index (κ2) is 10.5. The van der Waals surface area contributed by atoms with Crippen LogP contribution in [0.5, 0.6) is 0 Å². The van der Waals surface area contributed by atoms with Crippen molar-refractivity contribution in [3.05, 3.63) is 65.5 Å². The van der Waals surface area contributed by atoms with Gasteiger partial charge in [0.05, 0.1) is 12.0 Å². The van der Waals surface area contributed by atoms with Gasteiger partial charge in [-0.3, -0.25) is 9.78 Å². The monoisotopic (exact) mass is 397 g/mol. The van der Waals surface area contributed by atoms with E-state index in [-0.39, 0.29) is 12.3 Å². The topological polar surface area (TPSA) is 57.7 Å². The molecule has 5 heteroatoms. The van der Waals surface area contributed by atoms with Crippen molar-refractivity contribution in [2.24, 2.45) is 5.41 Å². The number of nitrogens with zero attached hydrogens (tertiary/aromatic N) is 1. The SMILES string of the molecule is CC(C)(CCc1cc(COC2CCCCO2)ccn1)C(=O)OCc1ccccc1. The maximum absolute atomic E-state index is 12.5. The number of hydrogen-bond acceptors (Lipinski definition) is 5. The molecule has 2 heterocycles. The highest BCUT2D eigenvalue weighted by molar-refractivity contribution is 5.75. The Morgan fingerprint density at radius 1 is 1.14 bits per heavy atom. The first kappa shape index (κ1) is 21.5. The van der Waals surface area contributed by atoms with E-state index in [0.717, 1.165) is 42.7 Å². The molecule has 1 saturated heterocycles. The van der Waals surface area contributed by atoms with Crippen molar-refractivity contribution in [1.82, 2.24) is 4.98 Å². The first-order valence-corrected chi connectivity index (χ1v) is 10.4. The van der Waals surface area contributed by atoms with Crippen molar-refractivity contribution in [3.63, 3.8) is 0 Å². The molecular formula is C24H31NO4. The fourth-order valence-corrected chi connectivity index (χ4v) is 3.25. The summed E-state index contributed by atoms with van der Waals surface area (Å²) in [7, 11) is 0. The minimum Gasteiger partial charge on any atom is -0.460 e. The van der Waals surface area contributed by atoms with E-state index in [1.165, 1.54) is 0 Å². The molecule has 0 amide bonds. The zero-order chi connectivity index (χ0) is 20.5. The van der Waals surface area contributed by atoms with Gasteiger partial charge in [0.2, 0.25) is 0 Å². The van der Waals surface area contributed by atoms with Crippen LogP contribution in [0.4, 0.5) is 0 Å². The van der Waals surface area contributed by atoms with E-state index >= 15 is 0 Å². The number of carbonyl (C=O) groups is 1. The number of rotatable bonds is 9. The molecular weight excluding hydrogens is 366 g/mol. The summed E-state index contributed by atoms with van der Waals surface area (Å²) in [6.45, 7) is 5.45. The quantitative estimate of drug-likeness (QED) is 0.568. The molecule has 5 nitrogen and oxygen atoms in total. The number of aryl methyl sites for hydroxylation is 1. The van der Waals surface area contributed by atoms with Gasteiger partial charge in [-0.2, -0.15) is 0 Å². The van der Waals surface area contributed by atoms with Crippen molar-refractivity contribution in [1.29, 1.82) is 0 Å². The Morgan fingerprint density at radius 3 is 2.72 bits per heavy atom. The van der Waals surface area contributed by atoms with Gasteiger partial charge in [0.1, 0.15) is 6.61 Å². The van der Waals surface area contributed by atoms with E-state index in [1.54, 1.807) is 6.20 Å². The van der Waals surface area contributed by atoms with E-state index in [2.05, 4.69) is 4.98 Å². The third-order valence-electron chi connectivity index (χ3n) is 5.23. The zero-order valence-electron chi connectivity index (χ0n) is 17.4. The summed E-state index contributed by atoms with van der Waals surface area (Å²) in [5.74, 6) is -0.185. The predicted molar refractivity (Wildman–Crippen MR) is 111 cm³/mol. The maximum atomic E-state index is 12.5. The fourth-order valence-electron chi connectivity index (χ4n) is 3.25. The van der Waals surface area contributed by atoms with Gasteiger partial charge in [-0.05, 0) is 69.2 Å². The molecule has 0 bridgehead atoms. The molecule has 1 aliphatic rings. The van der Waals surface area contributed by atoms with Crippen molar-refractivity contribution in [2.45, 2.75) is 65.5 Å². The summed E-state index contributed by atoms with van der Waals surface area (Å²) >= 11 is 0. The molecule has 0 spiro atoms. The molecule has 1 aliphatic heterocycles. The molecule has 1 aromatic carbocycles. The summed E-state index contributed by atoms with van der Waals surface area (Å²) in [6, 6.07) is 13.8. The summed E-state index contributed by atoms with van der Waals surface area (Å²) in [5.41, 5.74) is 2.46. The molecule has 0 N–H and O–H groups in total. The average Bonchev–Trinajstić information content (AvgIpc) is 2.76. The van der Waals surface area contributed by atoms with Gasteiger partial charge in [0, 0.05) is 18.5 Å². The lowest BCUT2D eigenvalue weighted by Crippen LogP contribution is -2.27. The molecule has 2 aromatic rings. The first-order chi connectivity index (χ1) is 14.0. The molecule has 1 aromatic heterocycles. The van der Waals surface area contributed by atoms with Crippen molar-refractivity contribution in [3.8, 4) is 0 Å². The van der Waals surface area contributed by atoms with Gasteiger partial charge < -0.3 is 14.2 Å². The zero-order valence-corrected chi connectivity index (χ0v) is 17.4. The Balaban J connectivity index is 1.46. The third-order valence-corrected chi connectivity index (χ3v) is 5.23. The lowest BCUT2D eigenvalue weighted by atomic mass is 9.87. The van der Waals surface area contributed by atoms with Crippen LogP contribution in [0.3, 0.4) is 0 Å². The largest absolute Gasteiger partial charge is 0.460 e. The molecule has 0 aliphatic carbocycles. The third kappa shape index (κ3) is 6.94. The van der Waals surface area contributed by atoms with Crippen LogP contribution in [-0.4, -0.2) is 23.9 Å². The normalized spacial score (nSPS) is 17.1. The number of pyridine rings is 1. The van der Waals surface area contributed by atoms with Crippen molar-refractivity contribution >= 4 is 5.97 Å². The van der Waals surface area contributed by atoms with Crippen molar-refractivity contribution in [2.75, 3.05) is 6.61 Å². The number of aromatic nitrogens is 1. The molecule has 1 fully saturated rings. The number of hydrogen-bond donors (Lipinski definition) is 0. The maximum Gasteiger partial charge on any atom is 0.311 e. The fraction of sp³-hybridized carbons (Fsp3) is 0.500. The second-order valence-electron chi connectivity index (χ2n) is 8.21. The minimum atomic E-state index is -0.571. The van der Waals surface area contributed by atoms with E-state index in [9.17, 15) is 4.79 Å². The number of benzene rings is 1. The van der Waals surface area contributed by atoms with Gasteiger partial charge in [-0.15, -0.1) is 0 Å². The summed E-state index contributed by atoms with van der Waals surface area (Å²) in [4.78, 5) is 17.0. The van der Waals surface area contributed by atoms with Gasteiger partial charge >= 0.3 is 5.97 Å². The van der Waals surface area contributed by atoms with E-state index in [1.807, 2.05) is 56.3 Å². The van der Waals surface area contributed by atoms with Crippen LogP contribution in [0.2, 0.25) is 0 Å². The van der Waals surface area contributed by atoms with Crippen LogP contribution >= 0.6 is 0 Å². The molecule has 3 rings (SSSR count). The standard InChI is InChI=1S/C24H31NO4/c1-24(2,23(26)29-17-19-8-4-3-5-9-19)13-11-21-16-20(12-14-25-21)18-28-22-10-6-7-15-27-22/h3-5,8-9,12,14,16,22H,6-7,10-11,13,15,17-18H2,1-2H3. The highest BCUT2D eigenvalue weighted by Crippen LogP contribution is 2.25. The Hall–Kier alpha value is -2.24. The first-order valence-electron chi connectivity index (χ1n) is 10.4. The Morgan fingerprint density at radius 2 is 1.97 bits per heavy atom. The lowest BCUT2D eigenvalue weighted by molar-refractivity contribution is -0.168. The Labute approximate surface area is 173 Å². The van der Waals surface area contributed by atoms with Crippen LogP contribution in [0, 0.1) is 5.41 Å². The Bertz CT molecular complexity index is 769. The average molecular weight is 398 g/mol. The minimum absolute atomic E-state index is 0.0984. The van der Waals surface area contributed by atoms with Crippen molar-refractivity contribution < 1.29 is 19.0 Å². The highest BCUT2D eigenvalue weighted by atomic mass is 16.7. The Kier molecular flexibility index (Phi) is 7.78. The molecule has 156 valence electrons. The lowest BCUT2D eigenvalue weighted by Gasteiger charge is -2.23. The highest BCUT2D eigenvalue weighted by Gasteiger charge is 2.29. The van der Waals surface area contributed by atoms with E-state index < -0.39 is 5.41 Å². The second-order valence-corrected chi connectivity index (χ2v) is 8.21. The van der Waals surface area contributed by atoms with Gasteiger partial charge in [0.15, 0.2) is 6.29 Å². The van der Waals surface area contributed by atoms with Gasteiger partial charge in [0.25, 0.3) is 0 Å². The van der Waals surface area contributed by atoms with E-state index in [0.29, 0.717) is 26.1 Å². The summed E-state index contributed by atoms with van der Waals surface area (Å²) in [6.07, 6.45) is 6.31. The number of ether oxygens (including phenoxy) is 3. The number of esters is 1. The number of carbonyl (C=O) groups excluding carboxylic acids is 1. The summed E-state index contributed by atoms with van der Waals surface area (Å²) < 4.78 is 17.0. The van der Waals surface area contributed by atoms with Crippen LogP contribution in [0.25, 0.3) is 0 Å². The smallest absolute Gasteiger partial charge is 0.311 e. The van der Waals surface area contributed by atoms with Gasteiger partial charge in [-0.1, -0.05) is 30.3 Å². The van der Waals surface area contributed by atoms with Crippen LogP contribution in [0.1, 0.15) is 56.4 Å². The predicted octanol–water partition coefficient (Wildman–Crippen LogP) is 4.83. The summed E-state index contributed by atoms with van der Waals surface area (Å²) in [5, 5.41) is 0.